The van der Waals surface area contributed by atoms with E-state index in [2.05, 4.69) is 6.08 Å². The zero-order chi connectivity index (χ0) is 9.10. The third kappa shape index (κ3) is 2.12. The minimum Gasteiger partial charge on any atom is -0.390 e. The van der Waals surface area contributed by atoms with Crippen molar-refractivity contribution in [2.24, 2.45) is 5.92 Å². The monoisotopic (exact) mass is 182 g/mol. The Morgan fingerprint density at radius 3 is 2.92 bits per heavy atom. The lowest BCUT2D eigenvalue weighted by Crippen LogP contribution is -2.19. The molecule has 1 N–H and O–H groups in total. The second-order valence-electron chi connectivity index (χ2n) is 4.09. The molecule has 0 bridgehead atoms. The predicted octanol–water partition coefficient (Wildman–Crippen LogP) is 1.88. The van der Waals surface area contributed by atoms with E-state index in [0.29, 0.717) is 12.5 Å². The van der Waals surface area contributed by atoms with Crippen LogP contribution in [0.5, 0.6) is 0 Å². The Bertz CT molecular complexity index is 198. The van der Waals surface area contributed by atoms with Gasteiger partial charge in [-0.1, -0.05) is 18.1 Å². The molecule has 74 valence electrons. The first kappa shape index (κ1) is 9.22. The lowest BCUT2D eigenvalue weighted by atomic mass is 9.92. The molecule has 1 fully saturated rings. The highest BCUT2D eigenvalue weighted by Crippen LogP contribution is 2.29. The Hall–Kier alpha value is -0.340. The molecule has 2 rings (SSSR count). The van der Waals surface area contributed by atoms with Crippen LogP contribution in [0, 0.1) is 5.92 Å². The first-order valence-corrected chi connectivity index (χ1v) is 5.32. The maximum absolute atomic E-state index is 9.67. The van der Waals surface area contributed by atoms with Crippen LogP contribution in [0.15, 0.2) is 11.6 Å². The quantitative estimate of drug-likeness (QED) is 0.627. The van der Waals surface area contributed by atoms with Gasteiger partial charge in [-0.05, 0) is 25.7 Å². The Morgan fingerprint density at radius 2 is 2.15 bits per heavy atom. The van der Waals surface area contributed by atoms with E-state index in [9.17, 15) is 5.11 Å². The van der Waals surface area contributed by atoms with Crippen LogP contribution in [0.4, 0.5) is 0 Å². The van der Waals surface area contributed by atoms with Crippen molar-refractivity contribution in [2.75, 3.05) is 13.2 Å². The van der Waals surface area contributed by atoms with Gasteiger partial charge in [0.25, 0.3) is 0 Å². The zero-order valence-corrected chi connectivity index (χ0v) is 8.04. The van der Waals surface area contributed by atoms with E-state index >= 15 is 0 Å². The fourth-order valence-corrected chi connectivity index (χ4v) is 2.27. The lowest BCUT2D eigenvalue weighted by molar-refractivity contribution is 0.121. The topological polar surface area (TPSA) is 29.5 Å². The predicted molar refractivity (Wildman–Crippen MR) is 51.5 cm³/mol. The molecule has 2 nitrogen and oxygen atoms in total. The van der Waals surface area contributed by atoms with Crippen molar-refractivity contribution < 1.29 is 9.84 Å². The second-order valence-corrected chi connectivity index (χ2v) is 4.09. The number of hydrogen-bond acceptors (Lipinski definition) is 2. The molecule has 0 aromatic heterocycles. The van der Waals surface area contributed by atoms with Crippen LogP contribution in [-0.4, -0.2) is 24.4 Å². The smallest absolute Gasteiger partial charge is 0.0860 e. The first-order valence-electron chi connectivity index (χ1n) is 5.32. The van der Waals surface area contributed by atoms with Crippen molar-refractivity contribution in [1.29, 1.82) is 0 Å². The third-order valence-electron chi connectivity index (χ3n) is 3.10. The van der Waals surface area contributed by atoms with Gasteiger partial charge >= 0.3 is 0 Å². The average molecular weight is 182 g/mol. The molecule has 1 saturated heterocycles. The normalized spacial score (nSPS) is 35.6. The number of rotatable bonds is 1. The summed E-state index contributed by atoms with van der Waals surface area (Å²) in [5.74, 6) is 0.304. The van der Waals surface area contributed by atoms with Crippen LogP contribution < -0.4 is 0 Å². The lowest BCUT2D eigenvalue weighted by Gasteiger charge is -2.15. The molecule has 0 amide bonds. The Labute approximate surface area is 79.6 Å². The summed E-state index contributed by atoms with van der Waals surface area (Å²) in [6.07, 6.45) is 8.38. The molecule has 1 aliphatic carbocycles. The van der Waals surface area contributed by atoms with Gasteiger partial charge in [-0.3, -0.25) is 0 Å². The van der Waals surface area contributed by atoms with Gasteiger partial charge in [0.2, 0.25) is 0 Å². The maximum Gasteiger partial charge on any atom is 0.0860 e. The minimum atomic E-state index is -0.246. The fraction of sp³-hybridized carbons (Fsp3) is 0.818. The Kier molecular flexibility index (Phi) is 3.01. The van der Waals surface area contributed by atoms with Gasteiger partial charge in [0.05, 0.1) is 19.3 Å². The van der Waals surface area contributed by atoms with E-state index in [0.717, 1.165) is 6.61 Å². The van der Waals surface area contributed by atoms with Crippen molar-refractivity contribution in [3.63, 3.8) is 0 Å². The van der Waals surface area contributed by atoms with Crippen molar-refractivity contribution in [3.8, 4) is 0 Å². The van der Waals surface area contributed by atoms with Crippen LogP contribution in [0.25, 0.3) is 0 Å². The van der Waals surface area contributed by atoms with E-state index < -0.39 is 0 Å². The highest BCUT2D eigenvalue weighted by Gasteiger charge is 2.29. The number of aliphatic hydroxyl groups excluding tert-OH is 1. The largest absolute Gasteiger partial charge is 0.390 e. The summed E-state index contributed by atoms with van der Waals surface area (Å²) < 4.78 is 5.27. The zero-order valence-electron chi connectivity index (χ0n) is 8.04. The highest BCUT2D eigenvalue weighted by molar-refractivity contribution is 5.11. The second kappa shape index (κ2) is 4.25. The molecule has 1 heterocycles. The van der Waals surface area contributed by atoms with E-state index in [1.165, 1.54) is 37.7 Å². The summed E-state index contributed by atoms with van der Waals surface area (Å²) in [4.78, 5) is 0. The van der Waals surface area contributed by atoms with Crippen molar-refractivity contribution in [1.82, 2.24) is 0 Å². The van der Waals surface area contributed by atoms with Crippen molar-refractivity contribution >= 4 is 0 Å². The molecule has 0 saturated carbocycles. The van der Waals surface area contributed by atoms with Gasteiger partial charge in [-0.15, -0.1) is 0 Å². The average Bonchev–Trinajstić information content (AvgIpc) is 2.43. The summed E-state index contributed by atoms with van der Waals surface area (Å²) in [6.45, 7) is 1.26. The highest BCUT2D eigenvalue weighted by atomic mass is 16.5. The molecule has 1 aliphatic heterocycles. The molecule has 2 aliphatic rings. The van der Waals surface area contributed by atoms with E-state index in [1.54, 1.807) is 0 Å². The Balaban J connectivity index is 2.00. The number of hydrogen-bond donors (Lipinski definition) is 1. The molecule has 0 spiro atoms. The summed E-state index contributed by atoms with van der Waals surface area (Å²) in [5.41, 5.74) is 1.45. The van der Waals surface area contributed by atoms with Crippen LogP contribution >= 0.6 is 0 Å². The van der Waals surface area contributed by atoms with E-state index in [1.807, 2.05) is 0 Å². The van der Waals surface area contributed by atoms with Gasteiger partial charge in [-0.25, -0.2) is 0 Å². The van der Waals surface area contributed by atoms with Gasteiger partial charge in [0.15, 0.2) is 0 Å². The summed E-state index contributed by atoms with van der Waals surface area (Å²) >= 11 is 0. The molecule has 0 unspecified atom stereocenters. The van der Waals surface area contributed by atoms with Crippen LogP contribution in [0.3, 0.4) is 0 Å². The Morgan fingerprint density at radius 1 is 1.23 bits per heavy atom. The molecule has 2 heteroatoms. The molecule has 0 radical (unpaired) electrons. The molecule has 2 atom stereocenters. The molecule has 0 aromatic rings. The van der Waals surface area contributed by atoms with Gasteiger partial charge in [-0.2, -0.15) is 0 Å². The van der Waals surface area contributed by atoms with Gasteiger partial charge in [0.1, 0.15) is 0 Å². The van der Waals surface area contributed by atoms with Crippen LogP contribution in [0.1, 0.15) is 32.1 Å². The summed E-state index contributed by atoms with van der Waals surface area (Å²) in [5, 5.41) is 9.67. The summed E-state index contributed by atoms with van der Waals surface area (Å²) in [6, 6.07) is 0. The SMILES string of the molecule is O[C@@H]1COC[C@H]1C1=CCCCCC1. The number of aliphatic hydroxyl groups is 1. The molecular formula is C11H18O2. The fourth-order valence-electron chi connectivity index (χ4n) is 2.27. The van der Waals surface area contributed by atoms with Gasteiger partial charge in [0, 0.05) is 5.92 Å². The first-order chi connectivity index (χ1) is 6.38. The summed E-state index contributed by atoms with van der Waals surface area (Å²) in [7, 11) is 0. The van der Waals surface area contributed by atoms with Crippen LogP contribution in [0.2, 0.25) is 0 Å². The maximum atomic E-state index is 9.67. The van der Waals surface area contributed by atoms with Crippen molar-refractivity contribution in [3.05, 3.63) is 11.6 Å². The number of allylic oxidation sites excluding steroid dienone is 1. The van der Waals surface area contributed by atoms with Gasteiger partial charge < -0.3 is 9.84 Å². The van der Waals surface area contributed by atoms with Crippen LogP contribution in [-0.2, 0) is 4.74 Å². The molecule has 0 aromatic carbocycles. The van der Waals surface area contributed by atoms with E-state index in [-0.39, 0.29) is 6.10 Å². The van der Waals surface area contributed by atoms with Crippen molar-refractivity contribution in [2.45, 2.75) is 38.2 Å². The molecule has 13 heavy (non-hydrogen) atoms. The molecular weight excluding hydrogens is 164 g/mol. The number of ether oxygens (including phenoxy) is 1. The third-order valence-corrected chi connectivity index (χ3v) is 3.10. The van der Waals surface area contributed by atoms with E-state index in [4.69, 9.17) is 4.74 Å². The minimum absolute atomic E-state index is 0.246. The standard InChI is InChI=1S/C11H18O2/c12-11-8-13-7-10(11)9-5-3-1-2-4-6-9/h5,10-12H,1-4,6-8H2/t10-,11+/m0/s1.